The summed E-state index contributed by atoms with van der Waals surface area (Å²) in [7, 11) is 0. The number of hydrogen-bond acceptors (Lipinski definition) is 4. The van der Waals surface area contributed by atoms with Crippen molar-refractivity contribution in [3.05, 3.63) is 124 Å². The van der Waals surface area contributed by atoms with Gasteiger partial charge in [0.2, 0.25) is 5.91 Å². The molecule has 0 aliphatic heterocycles. The molecule has 0 saturated heterocycles. The smallest absolute Gasteiger partial charge is 0.273 e. The Morgan fingerprint density at radius 3 is 2.16 bits per heavy atom. The van der Waals surface area contributed by atoms with Gasteiger partial charge in [-0.25, -0.2) is 0 Å². The van der Waals surface area contributed by atoms with Crippen LogP contribution in [0.4, 0.5) is 0 Å². The topological polar surface area (TPSA) is 62.3 Å². The zero-order valence-electron chi connectivity index (χ0n) is 17.4. The van der Waals surface area contributed by atoms with Gasteiger partial charge in [-0.1, -0.05) is 72.8 Å². The molecule has 1 N–H and O–H groups in total. The van der Waals surface area contributed by atoms with Gasteiger partial charge < -0.3 is 10.2 Å². The molecule has 0 bridgehead atoms. The fourth-order valence-electron chi connectivity index (χ4n) is 3.45. The highest BCUT2D eigenvalue weighted by Crippen LogP contribution is 2.29. The first-order valence-electron chi connectivity index (χ1n) is 10.3. The first kappa shape index (κ1) is 21.5. The van der Waals surface area contributed by atoms with Crippen LogP contribution < -0.4 is 5.32 Å². The number of rotatable bonds is 8. The van der Waals surface area contributed by atoms with Crippen LogP contribution in [0.5, 0.6) is 0 Å². The summed E-state index contributed by atoms with van der Waals surface area (Å²) in [5.74, 6) is -0.515. The molecule has 0 fully saturated rings. The van der Waals surface area contributed by atoms with Crippen LogP contribution in [-0.2, 0) is 17.9 Å². The summed E-state index contributed by atoms with van der Waals surface area (Å²) in [6.07, 6.45) is 1.59. The lowest BCUT2D eigenvalue weighted by atomic mass is 10.1. The molecule has 0 radical (unpaired) electrons. The predicted octanol–water partition coefficient (Wildman–Crippen LogP) is 4.84. The van der Waals surface area contributed by atoms with Crippen LogP contribution in [0.1, 0.15) is 32.5 Å². The van der Waals surface area contributed by atoms with E-state index in [1.165, 1.54) is 11.3 Å². The van der Waals surface area contributed by atoms with E-state index in [0.29, 0.717) is 12.2 Å². The van der Waals surface area contributed by atoms with Gasteiger partial charge in [0.25, 0.3) is 5.91 Å². The predicted molar refractivity (Wildman–Crippen MR) is 126 cm³/mol. The summed E-state index contributed by atoms with van der Waals surface area (Å²) in [6, 6.07) is 27.6. The fourth-order valence-corrected chi connectivity index (χ4v) is 4.28. The highest BCUT2D eigenvalue weighted by Gasteiger charge is 2.33. The minimum atomic E-state index is -0.770. The second kappa shape index (κ2) is 10.5. The van der Waals surface area contributed by atoms with Gasteiger partial charge in [-0.3, -0.25) is 14.6 Å². The van der Waals surface area contributed by atoms with Crippen LogP contribution in [0.2, 0.25) is 0 Å². The van der Waals surface area contributed by atoms with Gasteiger partial charge >= 0.3 is 0 Å². The Morgan fingerprint density at radius 1 is 0.844 bits per heavy atom. The number of carbonyl (C=O) groups excluding carboxylic acids is 2. The molecule has 6 heteroatoms. The van der Waals surface area contributed by atoms with Crippen LogP contribution in [0.3, 0.4) is 0 Å². The molecule has 4 rings (SSSR count). The summed E-state index contributed by atoms with van der Waals surface area (Å²) < 4.78 is 0. The Bertz CT molecular complexity index is 1130. The highest BCUT2D eigenvalue weighted by molar-refractivity contribution is 7.10. The van der Waals surface area contributed by atoms with E-state index in [1.807, 2.05) is 78.2 Å². The van der Waals surface area contributed by atoms with Crippen molar-refractivity contribution in [2.45, 2.75) is 19.1 Å². The summed E-state index contributed by atoms with van der Waals surface area (Å²) in [4.78, 5) is 33.7. The zero-order chi connectivity index (χ0) is 22.2. The van der Waals surface area contributed by atoms with Crippen molar-refractivity contribution in [2.75, 3.05) is 0 Å². The van der Waals surface area contributed by atoms with Gasteiger partial charge in [0.1, 0.15) is 11.7 Å². The van der Waals surface area contributed by atoms with Crippen molar-refractivity contribution >= 4 is 23.2 Å². The average Bonchev–Trinajstić information content (AvgIpc) is 3.38. The maximum absolute atomic E-state index is 13.6. The molecule has 0 aliphatic carbocycles. The average molecular weight is 442 g/mol. The standard InChI is InChI=1S/C26H23N3O2S/c30-25(28-18-20-10-3-1-4-11-20)24(23-15-9-17-32-23)29(19-21-12-5-2-6-13-21)26(31)22-14-7-8-16-27-22/h1-17,24H,18-19H2,(H,28,30)/t24-/m0/s1. The van der Waals surface area contributed by atoms with Crippen molar-refractivity contribution in [2.24, 2.45) is 0 Å². The zero-order valence-corrected chi connectivity index (χ0v) is 18.2. The molecule has 2 heterocycles. The van der Waals surface area contributed by atoms with E-state index < -0.39 is 6.04 Å². The molecular formula is C26H23N3O2S. The third kappa shape index (κ3) is 5.28. The van der Waals surface area contributed by atoms with E-state index in [4.69, 9.17) is 0 Å². The van der Waals surface area contributed by atoms with Crippen molar-refractivity contribution in [3.63, 3.8) is 0 Å². The summed E-state index contributed by atoms with van der Waals surface area (Å²) in [5.41, 5.74) is 2.24. The van der Waals surface area contributed by atoms with E-state index in [1.54, 1.807) is 29.3 Å². The van der Waals surface area contributed by atoms with Crippen molar-refractivity contribution < 1.29 is 9.59 Å². The first-order chi connectivity index (χ1) is 15.7. The maximum atomic E-state index is 13.6. The van der Waals surface area contributed by atoms with E-state index in [-0.39, 0.29) is 18.4 Å². The minimum absolute atomic E-state index is 0.225. The van der Waals surface area contributed by atoms with Crippen LogP contribution in [0.25, 0.3) is 0 Å². The Balaban J connectivity index is 1.67. The molecule has 0 aliphatic rings. The summed E-state index contributed by atoms with van der Waals surface area (Å²) >= 11 is 1.46. The van der Waals surface area contributed by atoms with Crippen molar-refractivity contribution in [1.82, 2.24) is 15.2 Å². The van der Waals surface area contributed by atoms with Crippen LogP contribution in [0.15, 0.2) is 103 Å². The monoisotopic (exact) mass is 441 g/mol. The molecule has 0 spiro atoms. The van der Waals surface area contributed by atoms with Gasteiger partial charge in [-0.15, -0.1) is 11.3 Å². The van der Waals surface area contributed by atoms with Crippen molar-refractivity contribution in [3.8, 4) is 0 Å². The number of nitrogens with one attached hydrogen (secondary N) is 1. The Kier molecular flexibility index (Phi) is 7.05. The lowest BCUT2D eigenvalue weighted by Gasteiger charge is -2.30. The van der Waals surface area contributed by atoms with Gasteiger partial charge in [-0.05, 0) is 34.7 Å². The maximum Gasteiger partial charge on any atom is 0.273 e. The molecule has 0 unspecified atom stereocenters. The number of benzene rings is 2. The quantitative estimate of drug-likeness (QED) is 0.425. The first-order valence-corrected chi connectivity index (χ1v) is 11.2. The largest absolute Gasteiger partial charge is 0.350 e. The van der Waals surface area contributed by atoms with Gasteiger partial charge in [0, 0.05) is 24.2 Å². The minimum Gasteiger partial charge on any atom is -0.350 e. The van der Waals surface area contributed by atoms with Crippen molar-refractivity contribution in [1.29, 1.82) is 0 Å². The second-order valence-electron chi connectivity index (χ2n) is 7.25. The van der Waals surface area contributed by atoms with Gasteiger partial charge in [0.05, 0.1) is 0 Å². The summed E-state index contributed by atoms with van der Waals surface area (Å²) in [5, 5.41) is 4.93. The molecule has 2 amide bonds. The normalized spacial score (nSPS) is 11.5. The molecule has 2 aromatic heterocycles. The lowest BCUT2D eigenvalue weighted by Crippen LogP contribution is -2.43. The molecule has 1 atom stereocenters. The third-order valence-electron chi connectivity index (χ3n) is 5.02. The second-order valence-corrected chi connectivity index (χ2v) is 8.23. The number of carbonyl (C=O) groups is 2. The SMILES string of the molecule is O=C(NCc1ccccc1)[C@H](c1cccs1)N(Cc1ccccc1)C(=O)c1ccccn1. The lowest BCUT2D eigenvalue weighted by molar-refractivity contribution is -0.126. The summed E-state index contributed by atoms with van der Waals surface area (Å²) in [6.45, 7) is 0.677. The molecule has 160 valence electrons. The number of thiophene rings is 1. The van der Waals surface area contributed by atoms with Gasteiger partial charge in [0.15, 0.2) is 0 Å². The third-order valence-corrected chi connectivity index (χ3v) is 5.95. The molecule has 2 aromatic carbocycles. The van der Waals surface area contributed by atoms with E-state index in [0.717, 1.165) is 16.0 Å². The molecule has 32 heavy (non-hydrogen) atoms. The van der Waals surface area contributed by atoms with E-state index in [9.17, 15) is 9.59 Å². The molecule has 5 nitrogen and oxygen atoms in total. The Morgan fingerprint density at radius 2 is 1.53 bits per heavy atom. The number of amides is 2. The Labute approximate surface area is 191 Å². The van der Waals surface area contributed by atoms with E-state index in [2.05, 4.69) is 10.3 Å². The van der Waals surface area contributed by atoms with Crippen LogP contribution in [0, 0.1) is 0 Å². The van der Waals surface area contributed by atoms with Crippen LogP contribution in [-0.4, -0.2) is 21.7 Å². The highest BCUT2D eigenvalue weighted by atomic mass is 32.1. The molecule has 0 saturated carbocycles. The van der Waals surface area contributed by atoms with Gasteiger partial charge in [-0.2, -0.15) is 0 Å². The van der Waals surface area contributed by atoms with E-state index >= 15 is 0 Å². The number of hydrogen-bond donors (Lipinski definition) is 1. The Hall–Kier alpha value is -3.77. The molecular weight excluding hydrogens is 418 g/mol. The number of nitrogens with zero attached hydrogens (tertiary/aromatic N) is 2. The number of aromatic nitrogens is 1. The molecule has 4 aromatic rings. The fraction of sp³-hybridized carbons (Fsp3) is 0.115. The number of pyridine rings is 1. The van der Waals surface area contributed by atoms with Crippen LogP contribution >= 0.6 is 11.3 Å².